The first-order valence-electron chi connectivity index (χ1n) is 10.5. The summed E-state index contributed by atoms with van der Waals surface area (Å²) in [6.07, 6.45) is 0. The molecule has 0 fully saturated rings. The van der Waals surface area contributed by atoms with Crippen LogP contribution in [0.4, 0.5) is 0 Å². The predicted octanol–water partition coefficient (Wildman–Crippen LogP) is 8.81. The summed E-state index contributed by atoms with van der Waals surface area (Å²) in [5, 5.41) is 0. The average Bonchev–Trinajstić information content (AvgIpc) is 2.30. The Balaban J connectivity index is -0.000000188. The monoisotopic (exact) mass is 788 g/mol. The van der Waals surface area contributed by atoms with Crippen LogP contribution in [0.25, 0.3) is 0 Å². The molecule has 0 aromatic heterocycles. The fourth-order valence-electron chi connectivity index (χ4n) is 3.15. The topological polar surface area (TPSA) is 46.2 Å². The van der Waals surface area contributed by atoms with Crippen LogP contribution >= 0.6 is 37.2 Å². The summed E-state index contributed by atoms with van der Waals surface area (Å²) in [6.45, 7) is 34.2. The molecule has 0 N–H and O–H groups in total. The van der Waals surface area contributed by atoms with Crippen molar-refractivity contribution < 1.29 is 20.9 Å². The molecule has 0 saturated carbocycles. The van der Waals surface area contributed by atoms with E-state index in [4.69, 9.17) is 20.9 Å². The Morgan fingerprint density at radius 1 is 0.562 bits per heavy atom. The van der Waals surface area contributed by atoms with Gasteiger partial charge in [0.2, 0.25) is 0 Å². The third kappa shape index (κ3) is 34.7. The molecule has 0 aliphatic carbocycles. The van der Waals surface area contributed by atoms with Crippen molar-refractivity contribution in [2.75, 3.05) is 0 Å². The maximum atomic E-state index is 6.37. The van der Waals surface area contributed by atoms with E-state index < -0.39 is 42.3 Å². The van der Waals surface area contributed by atoms with Crippen molar-refractivity contribution in [1.82, 2.24) is 0 Å². The molecule has 0 heterocycles. The van der Waals surface area contributed by atoms with Crippen LogP contribution in [0.3, 0.4) is 0 Å². The van der Waals surface area contributed by atoms with Crippen LogP contribution in [0.2, 0.25) is 85.1 Å². The lowest BCUT2D eigenvalue weighted by Crippen LogP contribution is -2.57. The van der Waals surface area contributed by atoms with Gasteiger partial charge in [-0.3, -0.25) is 0 Å². The molecular formula is C19H58I2O5Si6. The molecular weight excluding hydrogens is 731 g/mol. The molecule has 0 radical (unpaired) electrons. The highest BCUT2D eigenvalue weighted by molar-refractivity contribution is 15.0. The van der Waals surface area contributed by atoms with Crippen LogP contribution < -0.4 is 0 Å². The zero-order valence-corrected chi connectivity index (χ0v) is 33.2. The Labute approximate surface area is 234 Å². The Kier molecular flexibility index (Phi) is 24.9. The van der Waals surface area contributed by atoms with E-state index in [9.17, 15) is 0 Å². The molecule has 0 bridgehead atoms. The minimum Gasteiger partial charge on any atom is -0.461 e. The summed E-state index contributed by atoms with van der Waals surface area (Å²) in [4.78, 5) is 0. The Hall–Kier alpha value is 2.56. The highest BCUT2D eigenvalue weighted by Gasteiger charge is 2.44. The van der Waals surface area contributed by atoms with Crippen LogP contribution in [0.5, 0.6) is 0 Å². The van der Waals surface area contributed by atoms with Crippen molar-refractivity contribution in [3.63, 3.8) is 0 Å². The number of rotatable bonds is 9. The van der Waals surface area contributed by atoms with Gasteiger partial charge >= 0.3 is 25.7 Å². The van der Waals surface area contributed by atoms with E-state index >= 15 is 0 Å². The zero-order chi connectivity index (χ0) is 25.2. The van der Waals surface area contributed by atoms with Gasteiger partial charge in [0.1, 0.15) is 9.76 Å². The molecule has 0 aliphatic heterocycles. The van der Waals surface area contributed by atoms with Crippen molar-refractivity contribution in [1.29, 1.82) is 0 Å². The third-order valence-electron chi connectivity index (χ3n) is 2.66. The maximum Gasteiger partial charge on any atom is 0.323 e. The van der Waals surface area contributed by atoms with Gasteiger partial charge < -0.3 is 20.9 Å². The molecule has 0 saturated heterocycles. The van der Waals surface area contributed by atoms with Gasteiger partial charge in [0, 0.05) is 37.2 Å². The first-order chi connectivity index (χ1) is 12.9. The minimum absolute atomic E-state index is 0. The fraction of sp³-hybridized carbons (Fsp3) is 1.00. The van der Waals surface area contributed by atoms with E-state index in [0.29, 0.717) is 0 Å². The van der Waals surface area contributed by atoms with Gasteiger partial charge in [-0.2, -0.15) is 0 Å². The summed E-state index contributed by atoms with van der Waals surface area (Å²) in [5.41, 5.74) is -0.192. The lowest BCUT2D eigenvalue weighted by molar-refractivity contribution is 0.0887. The molecule has 13 heteroatoms. The third-order valence-corrected chi connectivity index (χ3v) is 20.7. The SMILES string of the molecule is C.C.CC(C)(C)O[Si](C)(C)O[Si](C)(C)O[Si](C)(C)O[Si](C)(C)C.C[SiH2]O[Si](C)(C)C.II. The van der Waals surface area contributed by atoms with E-state index in [1.165, 1.54) is 0 Å². The van der Waals surface area contributed by atoms with Crippen LogP contribution in [0.15, 0.2) is 0 Å². The van der Waals surface area contributed by atoms with Crippen LogP contribution in [0.1, 0.15) is 35.6 Å². The minimum atomic E-state index is -2.28. The van der Waals surface area contributed by atoms with Crippen molar-refractivity contribution in [2.45, 2.75) is 126 Å². The van der Waals surface area contributed by atoms with E-state index in [0.717, 1.165) is 0 Å². The van der Waals surface area contributed by atoms with E-state index in [2.05, 4.69) is 143 Å². The summed E-state index contributed by atoms with van der Waals surface area (Å²) in [5.74, 6) is 0. The van der Waals surface area contributed by atoms with Gasteiger partial charge in [-0.05, 0) is 99.3 Å². The molecule has 0 amide bonds. The molecule has 0 aromatic carbocycles. The Morgan fingerprint density at radius 3 is 1.09 bits per heavy atom. The first kappa shape index (κ1) is 44.5. The molecule has 0 spiro atoms. The average molecular weight is 789 g/mol. The highest BCUT2D eigenvalue weighted by Crippen LogP contribution is 2.26. The zero-order valence-electron chi connectivity index (χ0n) is 22.5. The second-order valence-corrected chi connectivity index (χ2v) is 32.6. The standard InChI is InChI=1S/C13H36O4Si4.C4H14OSi2.2CH4.I2/c1-13(2,3)14-19(7,8)16-21(11,12)17-20(9,10)15-18(4,5)6;1-6-5-7(2,3)4;;;1-2/h1-12H3;6H2,1-4H3;2*1H4;. The van der Waals surface area contributed by atoms with Crippen LogP contribution in [-0.2, 0) is 20.9 Å². The lowest BCUT2D eigenvalue weighted by atomic mass is 10.2. The maximum absolute atomic E-state index is 6.37. The molecule has 32 heavy (non-hydrogen) atoms. The summed E-state index contributed by atoms with van der Waals surface area (Å²) in [7, 11) is -9.49. The van der Waals surface area contributed by atoms with Gasteiger partial charge in [0.15, 0.2) is 16.6 Å². The van der Waals surface area contributed by atoms with E-state index in [1.54, 1.807) is 0 Å². The largest absolute Gasteiger partial charge is 0.461 e. The van der Waals surface area contributed by atoms with Crippen LogP contribution in [-0.4, -0.2) is 57.7 Å². The normalized spacial score (nSPS) is 13.3. The molecule has 5 nitrogen and oxygen atoms in total. The summed E-state index contributed by atoms with van der Waals surface area (Å²) < 4.78 is 30.6. The Morgan fingerprint density at radius 2 is 0.875 bits per heavy atom. The fourth-order valence-corrected chi connectivity index (χ4v) is 24.7. The first-order valence-corrected chi connectivity index (χ1v) is 34.0. The summed E-state index contributed by atoms with van der Waals surface area (Å²) >= 11 is 4.24. The van der Waals surface area contributed by atoms with Gasteiger partial charge in [-0.1, -0.05) is 21.4 Å². The lowest BCUT2D eigenvalue weighted by Gasteiger charge is -2.41. The van der Waals surface area contributed by atoms with Gasteiger partial charge in [-0.15, -0.1) is 0 Å². The molecule has 0 unspecified atom stereocenters. The molecule has 202 valence electrons. The predicted molar refractivity (Wildman–Crippen MR) is 180 cm³/mol. The van der Waals surface area contributed by atoms with Crippen LogP contribution in [0, 0.1) is 0 Å². The molecule has 0 rings (SSSR count). The van der Waals surface area contributed by atoms with E-state index in [-0.39, 0.29) is 30.2 Å². The van der Waals surface area contributed by atoms with Crippen molar-refractivity contribution in [3.8, 4) is 0 Å². The molecule has 0 atom stereocenters. The number of hydrogen-bond acceptors (Lipinski definition) is 5. The summed E-state index contributed by atoms with van der Waals surface area (Å²) in [6, 6.07) is 0. The second kappa shape index (κ2) is 17.9. The quantitative estimate of drug-likeness (QED) is 0.173. The van der Waals surface area contributed by atoms with Crippen molar-refractivity contribution >= 4 is 89.3 Å². The highest BCUT2D eigenvalue weighted by atomic mass is 128. The van der Waals surface area contributed by atoms with Crippen molar-refractivity contribution in [2.24, 2.45) is 0 Å². The van der Waals surface area contributed by atoms with Crippen molar-refractivity contribution in [3.05, 3.63) is 0 Å². The smallest absolute Gasteiger partial charge is 0.323 e. The Bertz CT molecular complexity index is 431. The number of hydrogen-bond donors (Lipinski definition) is 0. The van der Waals surface area contributed by atoms with E-state index in [1.807, 2.05) is 0 Å². The van der Waals surface area contributed by atoms with Gasteiger partial charge in [0.25, 0.3) is 0 Å². The van der Waals surface area contributed by atoms with Gasteiger partial charge in [-0.25, -0.2) is 0 Å². The number of halogens is 2. The molecule has 0 aromatic rings. The second-order valence-electron chi connectivity index (χ2n) is 11.4. The molecule has 0 aliphatic rings. The van der Waals surface area contributed by atoms with Gasteiger partial charge in [0.05, 0.1) is 5.60 Å².